The molecule has 2 N–H and O–H groups in total. The molecule has 0 saturated heterocycles. The Morgan fingerprint density at radius 3 is 2.69 bits per heavy atom. The van der Waals surface area contributed by atoms with Gasteiger partial charge in [0.05, 0.1) is 11.2 Å². The Balaban J connectivity index is 2.23. The highest BCUT2D eigenvalue weighted by Crippen LogP contribution is 2.34. The Hall–Kier alpha value is -0.410. The summed E-state index contributed by atoms with van der Waals surface area (Å²) in [6.45, 7) is 6.56. The molecule has 0 aliphatic heterocycles. The van der Waals surface area contributed by atoms with Crippen molar-refractivity contribution < 1.29 is 0 Å². The number of rotatable bonds is 3. The van der Waals surface area contributed by atoms with Gasteiger partial charge in [-0.05, 0) is 44.9 Å². The first-order valence-electron chi connectivity index (χ1n) is 6.27. The third-order valence-electron chi connectivity index (χ3n) is 3.17. The first kappa shape index (κ1) is 12.1. The minimum absolute atomic E-state index is 0.240. The monoisotopic (exact) mass is 238 g/mol. The maximum Gasteiger partial charge on any atom is 0.113 e. The lowest BCUT2D eigenvalue weighted by atomic mass is 9.92. The van der Waals surface area contributed by atoms with E-state index in [0.29, 0.717) is 5.92 Å². The predicted molar refractivity (Wildman–Crippen MR) is 69.8 cm³/mol. The van der Waals surface area contributed by atoms with Crippen LogP contribution in [-0.2, 0) is 18.4 Å². The van der Waals surface area contributed by atoms with Crippen LogP contribution in [0, 0.1) is 5.92 Å². The minimum atomic E-state index is -0.240. The van der Waals surface area contributed by atoms with Gasteiger partial charge in [0.2, 0.25) is 0 Å². The average Bonchev–Trinajstić information content (AvgIpc) is 2.59. The second-order valence-electron chi connectivity index (χ2n) is 5.61. The summed E-state index contributed by atoms with van der Waals surface area (Å²) in [5.41, 5.74) is 7.48. The third kappa shape index (κ3) is 2.46. The highest BCUT2D eigenvalue weighted by atomic mass is 32.1. The van der Waals surface area contributed by atoms with Gasteiger partial charge in [-0.3, -0.25) is 0 Å². The largest absolute Gasteiger partial charge is 0.320 e. The van der Waals surface area contributed by atoms with Gasteiger partial charge < -0.3 is 5.73 Å². The van der Waals surface area contributed by atoms with Gasteiger partial charge >= 0.3 is 0 Å². The highest BCUT2D eigenvalue weighted by Gasteiger charge is 2.28. The number of hydrogen-bond acceptors (Lipinski definition) is 3. The lowest BCUT2D eigenvalue weighted by molar-refractivity contribution is 0.378. The second-order valence-corrected chi connectivity index (χ2v) is 6.70. The summed E-state index contributed by atoms with van der Waals surface area (Å²) in [6.07, 6.45) is 6.00. The molecule has 1 aliphatic rings. The number of thiazole rings is 1. The molecule has 90 valence electrons. The van der Waals surface area contributed by atoms with Crippen LogP contribution in [0.25, 0.3) is 0 Å². The van der Waals surface area contributed by atoms with Crippen molar-refractivity contribution in [3.05, 3.63) is 15.6 Å². The van der Waals surface area contributed by atoms with Crippen molar-refractivity contribution in [3.63, 3.8) is 0 Å². The lowest BCUT2D eigenvalue weighted by Gasteiger charge is -2.24. The summed E-state index contributed by atoms with van der Waals surface area (Å²) < 4.78 is 0. The normalized spacial score (nSPS) is 19.6. The van der Waals surface area contributed by atoms with Crippen molar-refractivity contribution in [2.75, 3.05) is 0 Å². The van der Waals surface area contributed by atoms with E-state index >= 15 is 0 Å². The van der Waals surface area contributed by atoms with Gasteiger partial charge in [-0.25, -0.2) is 4.98 Å². The van der Waals surface area contributed by atoms with Crippen molar-refractivity contribution >= 4 is 11.3 Å². The molecule has 1 unspecified atom stereocenters. The summed E-state index contributed by atoms with van der Waals surface area (Å²) in [6, 6.07) is 0. The molecule has 1 aliphatic carbocycles. The molecule has 2 nitrogen and oxygen atoms in total. The molecule has 0 radical (unpaired) electrons. The molecule has 1 heterocycles. The summed E-state index contributed by atoms with van der Waals surface area (Å²) in [5, 5.41) is 1.15. The number of nitrogens with zero attached hydrogens (tertiary/aromatic N) is 1. The van der Waals surface area contributed by atoms with Gasteiger partial charge in [-0.2, -0.15) is 0 Å². The Morgan fingerprint density at radius 1 is 1.38 bits per heavy atom. The number of aromatic nitrogens is 1. The molecule has 0 amide bonds. The first-order chi connectivity index (χ1) is 7.49. The van der Waals surface area contributed by atoms with Crippen LogP contribution >= 0.6 is 11.3 Å². The predicted octanol–water partition coefficient (Wildman–Crippen LogP) is 3.24. The average molecular weight is 238 g/mol. The molecular weight excluding hydrogens is 216 g/mol. The molecule has 0 saturated carbocycles. The van der Waals surface area contributed by atoms with Crippen molar-refractivity contribution in [1.82, 2.24) is 4.98 Å². The van der Waals surface area contributed by atoms with Crippen molar-refractivity contribution in [2.24, 2.45) is 11.7 Å². The van der Waals surface area contributed by atoms with Crippen LogP contribution in [0.15, 0.2) is 0 Å². The van der Waals surface area contributed by atoms with Gasteiger partial charge in [-0.15, -0.1) is 11.3 Å². The molecule has 1 aromatic heterocycles. The zero-order chi connectivity index (χ0) is 11.8. The van der Waals surface area contributed by atoms with Crippen LogP contribution in [0.2, 0.25) is 0 Å². The second kappa shape index (κ2) is 4.46. The number of hydrogen-bond donors (Lipinski definition) is 1. The molecular formula is C13H22N2S. The van der Waals surface area contributed by atoms with E-state index in [9.17, 15) is 0 Å². The molecule has 0 aromatic carbocycles. The summed E-state index contributed by atoms with van der Waals surface area (Å²) >= 11 is 1.85. The topological polar surface area (TPSA) is 38.9 Å². The Bertz CT molecular complexity index is 343. The Morgan fingerprint density at radius 2 is 2.06 bits per heavy atom. The van der Waals surface area contributed by atoms with E-state index in [1.165, 1.54) is 29.8 Å². The van der Waals surface area contributed by atoms with Gasteiger partial charge in [0.15, 0.2) is 0 Å². The zero-order valence-electron chi connectivity index (χ0n) is 10.5. The first-order valence-corrected chi connectivity index (χ1v) is 7.08. The number of aryl methyl sites for hydroxylation is 2. The zero-order valence-corrected chi connectivity index (χ0v) is 11.4. The van der Waals surface area contributed by atoms with E-state index < -0.39 is 0 Å². The van der Waals surface area contributed by atoms with Crippen LogP contribution in [0.4, 0.5) is 0 Å². The fraction of sp³-hybridized carbons (Fsp3) is 0.769. The Kier molecular flexibility index (Phi) is 3.36. The van der Waals surface area contributed by atoms with Gasteiger partial charge in [-0.1, -0.05) is 13.8 Å². The maximum absolute atomic E-state index is 6.40. The summed E-state index contributed by atoms with van der Waals surface area (Å²) in [4.78, 5) is 6.26. The third-order valence-corrected chi connectivity index (χ3v) is 4.60. The lowest BCUT2D eigenvalue weighted by Crippen LogP contribution is -2.34. The molecule has 1 aromatic rings. The molecule has 1 atom stereocenters. The van der Waals surface area contributed by atoms with Gasteiger partial charge in [0.25, 0.3) is 0 Å². The van der Waals surface area contributed by atoms with Crippen LogP contribution in [0.3, 0.4) is 0 Å². The molecule has 0 fully saturated rings. The molecule has 16 heavy (non-hydrogen) atoms. The van der Waals surface area contributed by atoms with E-state index in [1.54, 1.807) is 0 Å². The fourth-order valence-electron chi connectivity index (χ4n) is 2.53. The van der Waals surface area contributed by atoms with Crippen LogP contribution < -0.4 is 5.73 Å². The standard InChI is InChI=1S/C13H22N2S/c1-9(2)8-13(3,14)12-15-10-6-4-5-7-11(10)16-12/h9H,4-8,14H2,1-3H3. The highest BCUT2D eigenvalue weighted by molar-refractivity contribution is 7.11. The van der Waals surface area contributed by atoms with Crippen molar-refractivity contribution in [1.29, 1.82) is 0 Å². The van der Waals surface area contributed by atoms with E-state index in [-0.39, 0.29) is 5.54 Å². The van der Waals surface area contributed by atoms with Gasteiger partial charge in [0.1, 0.15) is 5.01 Å². The Labute approximate surface area is 102 Å². The number of nitrogens with two attached hydrogens (primary N) is 1. The fourth-order valence-corrected chi connectivity index (χ4v) is 3.75. The van der Waals surface area contributed by atoms with Crippen LogP contribution in [0.5, 0.6) is 0 Å². The minimum Gasteiger partial charge on any atom is -0.320 e. The van der Waals surface area contributed by atoms with Crippen LogP contribution in [0.1, 0.15) is 55.6 Å². The van der Waals surface area contributed by atoms with Crippen LogP contribution in [-0.4, -0.2) is 4.98 Å². The molecule has 0 spiro atoms. The molecule has 2 rings (SSSR count). The smallest absolute Gasteiger partial charge is 0.113 e. The quantitative estimate of drug-likeness (QED) is 0.878. The SMILES string of the molecule is CC(C)CC(C)(N)c1nc2c(s1)CCCC2. The van der Waals surface area contributed by atoms with E-state index in [0.717, 1.165) is 17.8 Å². The van der Waals surface area contributed by atoms with E-state index in [4.69, 9.17) is 10.7 Å². The summed E-state index contributed by atoms with van der Waals surface area (Å²) in [5.74, 6) is 0.621. The maximum atomic E-state index is 6.40. The van der Waals surface area contributed by atoms with Gasteiger partial charge in [0, 0.05) is 4.88 Å². The number of fused-ring (bicyclic) bond motifs is 1. The van der Waals surface area contributed by atoms with E-state index in [2.05, 4.69) is 20.8 Å². The van der Waals surface area contributed by atoms with Crippen molar-refractivity contribution in [2.45, 2.75) is 58.4 Å². The molecule has 0 bridgehead atoms. The molecule has 3 heteroatoms. The van der Waals surface area contributed by atoms with E-state index in [1.807, 2.05) is 11.3 Å². The summed E-state index contributed by atoms with van der Waals surface area (Å²) in [7, 11) is 0. The van der Waals surface area contributed by atoms with Crippen molar-refractivity contribution in [3.8, 4) is 0 Å².